The molecule has 1 saturated heterocycles. The first-order chi connectivity index (χ1) is 9.17. The van der Waals surface area contributed by atoms with Crippen LogP contribution in [0.4, 0.5) is 11.6 Å². The number of hydrogen-bond acceptors (Lipinski definition) is 5. The van der Waals surface area contributed by atoms with Gasteiger partial charge in [0.1, 0.15) is 0 Å². The number of aromatic amines is 1. The Morgan fingerprint density at radius 1 is 1.58 bits per heavy atom. The Labute approximate surface area is 109 Å². The van der Waals surface area contributed by atoms with Gasteiger partial charge >= 0.3 is 0 Å². The minimum absolute atomic E-state index is 0.0531. The Morgan fingerprint density at radius 3 is 3.11 bits per heavy atom. The number of nitrogens with one attached hydrogen (secondary N) is 1. The molecule has 100 valence electrons. The molecule has 19 heavy (non-hydrogen) atoms. The Morgan fingerprint density at radius 2 is 2.42 bits per heavy atom. The zero-order valence-corrected chi connectivity index (χ0v) is 10.2. The van der Waals surface area contributed by atoms with E-state index in [1.807, 2.05) is 0 Å². The fourth-order valence-electron chi connectivity index (χ4n) is 2.42. The lowest BCUT2D eigenvalue weighted by Crippen LogP contribution is -2.21. The average molecular weight is 262 g/mol. The highest BCUT2D eigenvalue weighted by atomic mass is 16.6. The summed E-state index contributed by atoms with van der Waals surface area (Å²) in [7, 11) is 0. The first-order valence-electron chi connectivity index (χ1n) is 6.17. The first kappa shape index (κ1) is 11.9. The molecule has 0 radical (unpaired) electrons. The van der Waals surface area contributed by atoms with E-state index in [-0.39, 0.29) is 18.2 Å². The van der Waals surface area contributed by atoms with Crippen LogP contribution >= 0.6 is 0 Å². The summed E-state index contributed by atoms with van der Waals surface area (Å²) in [5, 5.41) is 19.9. The summed E-state index contributed by atoms with van der Waals surface area (Å²) >= 11 is 0. The summed E-state index contributed by atoms with van der Waals surface area (Å²) in [4.78, 5) is 19.9. The highest BCUT2D eigenvalue weighted by Gasteiger charge is 2.24. The monoisotopic (exact) mass is 262 g/mol. The molecule has 1 aromatic heterocycles. The second-order valence-electron chi connectivity index (χ2n) is 4.80. The van der Waals surface area contributed by atoms with Crippen molar-refractivity contribution >= 4 is 22.7 Å². The van der Waals surface area contributed by atoms with Crippen LogP contribution in [-0.2, 0) is 0 Å². The van der Waals surface area contributed by atoms with Gasteiger partial charge in [0, 0.05) is 37.7 Å². The zero-order valence-electron chi connectivity index (χ0n) is 10.2. The molecule has 2 heterocycles. The molecule has 0 amide bonds. The number of imidazole rings is 1. The molecule has 3 rings (SSSR count). The fourth-order valence-corrected chi connectivity index (χ4v) is 2.42. The average Bonchev–Trinajstić information content (AvgIpc) is 3.03. The minimum Gasteiger partial charge on any atom is -0.396 e. The number of nitro groups is 1. The molecule has 7 nitrogen and oxygen atoms in total. The van der Waals surface area contributed by atoms with E-state index in [1.165, 1.54) is 12.1 Å². The van der Waals surface area contributed by atoms with Gasteiger partial charge < -0.3 is 15.0 Å². The van der Waals surface area contributed by atoms with Crippen LogP contribution in [0.5, 0.6) is 0 Å². The predicted octanol–water partition coefficient (Wildman–Crippen LogP) is 1.29. The van der Waals surface area contributed by atoms with E-state index in [0.29, 0.717) is 17.0 Å². The van der Waals surface area contributed by atoms with Crippen molar-refractivity contribution in [1.82, 2.24) is 9.97 Å². The van der Waals surface area contributed by atoms with E-state index in [1.54, 1.807) is 6.07 Å². The van der Waals surface area contributed by atoms with Crippen molar-refractivity contribution in [2.75, 3.05) is 24.6 Å². The van der Waals surface area contributed by atoms with Crippen LogP contribution in [0.25, 0.3) is 11.0 Å². The molecule has 2 N–H and O–H groups in total. The molecule has 1 atom stereocenters. The minimum atomic E-state index is -0.419. The van der Waals surface area contributed by atoms with Gasteiger partial charge in [-0.25, -0.2) is 4.98 Å². The van der Waals surface area contributed by atoms with Crippen molar-refractivity contribution in [3.63, 3.8) is 0 Å². The second-order valence-corrected chi connectivity index (χ2v) is 4.80. The standard InChI is InChI=1S/C12H14N4O3/c17-7-8-3-4-15(6-8)12-13-10-2-1-9(16(18)19)5-11(10)14-12/h1-2,5,8,17H,3-4,6-7H2,(H,13,14)/t8-/m1/s1. The number of aliphatic hydroxyl groups excluding tert-OH is 1. The Bertz CT molecular complexity index is 624. The van der Waals surface area contributed by atoms with Crippen molar-refractivity contribution < 1.29 is 10.0 Å². The molecule has 1 aliphatic rings. The van der Waals surface area contributed by atoms with Gasteiger partial charge in [0.2, 0.25) is 5.95 Å². The lowest BCUT2D eigenvalue weighted by molar-refractivity contribution is -0.384. The zero-order chi connectivity index (χ0) is 13.4. The van der Waals surface area contributed by atoms with Crippen molar-refractivity contribution in [3.8, 4) is 0 Å². The van der Waals surface area contributed by atoms with E-state index in [2.05, 4.69) is 14.9 Å². The largest absolute Gasteiger partial charge is 0.396 e. The molecule has 1 aromatic carbocycles. The SMILES string of the molecule is O=[N+]([O-])c1ccc2nc(N3CC[C@@H](CO)C3)[nH]c2c1. The Kier molecular flexibility index (Phi) is 2.83. The summed E-state index contributed by atoms with van der Waals surface area (Å²) in [5.74, 6) is 0.994. The molecule has 0 spiro atoms. The number of nitrogens with zero attached hydrogens (tertiary/aromatic N) is 3. The van der Waals surface area contributed by atoms with Crippen molar-refractivity contribution in [1.29, 1.82) is 0 Å². The maximum Gasteiger partial charge on any atom is 0.271 e. The number of aliphatic hydroxyl groups is 1. The second kappa shape index (κ2) is 4.51. The van der Waals surface area contributed by atoms with E-state index in [0.717, 1.165) is 19.5 Å². The summed E-state index contributed by atoms with van der Waals surface area (Å²) in [6.07, 6.45) is 0.938. The summed E-state index contributed by atoms with van der Waals surface area (Å²) in [5.41, 5.74) is 1.43. The molecule has 0 bridgehead atoms. The summed E-state index contributed by atoms with van der Waals surface area (Å²) < 4.78 is 0. The van der Waals surface area contributed by atoms with Crippen LogP contribution in [0.1, 0.15) is 6.42 Å². The Hall–Kier alpha value is -2.15. The van der Waals surface area contributed by atoms with E-state index in [4.69, 9.17) is 5.11 Å². The predicted molar refractivity (Wildman–Crippen MR) is 70.2 cm³/mol. The third-order valence-corrected chi connectivity index (χ3v) is 3.51. The first-order valence-corrected chi connectivity index (χ1v) is 6.17. The number of fused-ring (bicyclic) bond motifs is 1. The number of rotatable bonds is 3. The number of non-ortho nitro benzene ring substituents is 1. The number of H-pyrrole nitrogens is 1. The van der Waals surface area contributed by atoms with Crippen LogP contribution in [0.3, 0.4) is 0 Å². The molecule has 7 heteroatoms. The molecule has 0 unspecified atom stereocenters. The molecule has 2 aromatic rings. The van der Waals surface area contributed by atoms with E-state index < -0.39 is 4.92 Å². The molecular formula is C12H14N4O3. The maximum absolute atomic E-state index is 10.7. The molecule has 1 aliphatic heterocycles. The van der Waals surface area contributed by atoms with Gasteiger partial charge in [-0.05, 0) is 12.5 Å². The van der Waals surface area contributed by atoms with Gasteiger partial charge in [-0.3, -0.25) is 10.1 Å². The highest BCUT2D eigenvalue weighted by Crippen LogP contribution is 2.25. The normalized spacial score (nSPS) is 19.2. The van der Waals surface area contributed by atoms with E-state index >= 15 is 0 Å². The summed E-state index contributed by atoms with van der Waals surface area (Å²) in [6, 6.07) is 4.59. The third kappa shape index (κ3) is 2.12. The van der Waals surface area contributed by atoms with Gasteiger partial charge in [-0.15, -0.1) is 0 Å². The quantitative estimate of drug-likeness (QED) is 0.642. The third-order valence-electron chi connectivity index (χ3n) is 3.51. The lowest BCUT2D eigenvalue weighted by atomic mass is 10.1. The van der Waals surface area contributed by atoms with Gasteiger partial charge in [-0.1, -0.05) is 0 Å². The molecule has 0 saturated carbocycles. The fraction of sp³-hybridized carbons (Fsp3) is 0.417. The Balaban J connectivity index is 1.91. The van der Waals surface area contributed by atoms with Crippen LogP contribution in [0, 0.1) is 16.0 Å². The maximum atomic E-state index is 10.7. The highest BCUT2D eigenvalue weighted by molar-refractivity contribution is 5.80. The van der Waals surface area contributed by atoms with E-state index in [9.17, 15) is 10.1 Å². The summed E-state index contributed by atoms with van der Waals surface area (Å²) in [6.45, 7) is 1.79. The van der Waals surface area contributed by atoms with Crippen LogP contribution in [0.15, 0.2) is 18.2 Å². The number of nitro benzene ring substituents is 1. The van der Waals surface area contributed by atoms with Crippen LogP contribution in [-0.4, -0.2) is 39.7 Å². The molecular weight excluding hydrogens is 248 g/mol. The van der Waals surface area contributed by atoms with Crippen molar-refractivity contribution in [2.24, 2.45) is 5.92 Å². The van der Waals surface area contributed by atoms with Crippen LogP contribution in [0.2, 0.25) is 0 Å². The molecule has 0 aliphatic carbocycles. The van der Waals surface area contributed by atoms with Crippen molar-refractivity contribution in [2.45, 2.75) is 6.42 Å². The van der Waals surface area contributed by atoms with Gasteiger partial charge in [0.15, 0.2) is 0 Å². The number of aromatic nitrogens is 2. The topological polar surface area (TPSA) is 95.3 Å². The molecule has 1 fully saturated rings. The smallest absolute Gasteiger partial charge is 0.271 e. The number of benzene rings is 1. The van der Waals surface area contributed by atoms with Gasteiger partial charge in [0.05, 0.1) is 16.0 Å². The number of anilines is 1. The van der Waals surface area contributed by atoms with Crippen molar-refractivity contribution in [3.05, 3.63) is 28.3 Å². The van der Waals surface area contributed by atoms with Gasteiger partial charge in [0.25, 0.3) is 5.69 Å². The van der Waals surface area contributed by atoms with Gasteiger partial charge in [-0.2, -0.15) is 0 Å². The lowest BCUT2D eigenvalue weighted by Gasteiger charge is -2.13. The van der Waals surface area contributed by atoms with Crippen LogP contribution < -0.4 is 4.90 Å². The number of hydrogen-bond donors (Lipinski definition) is 2.